The molecule has 2 rings (SSSR count). The van der Waals surface area contributed by atoms with Gasteiger partial charge in [-0.15, -0.1) is 0 Å². The Kier molecular flexibility index (Phi) is 7.32. The lowest BCUT2D eigenvalue weighted by atomic mass is 9.84. The Morgan fingerprint density at radius 3 is 2.33 bits per heavy atom. The molecule has 6 nitrogen and oxygen atoms in total. The molecule has 0 aliphatic carbocycles. The summed E-state index contributed by atoms with van der Waals surface area (Å²) in [4.78, 5) is 17.3. The second-order valence-electron chi connectivity index (χ2n) is 7.85. The molecular formula is C18H36N4O2. The van der Waals surface area contributed by atoms with E-state index in [2.05, 4.69) is 27.5 Å². The number of amides is 2. The number of nitrogens with zero attached hydrogens (tertiary/aromatic N) is 2. The summed E-state index contributed by atoms with van der Waals surface area (Å²) in [5.41, 5.74) is 0.107. The van der Waals surface area contributed by atoms with Crippen molar-refractivity contribution in [3.8, 4) is 0 Å². The molecule has 2 amide bonds. The Morgan fingerprint density at radius 2 is 1.75 bits per heavy atom. The van der Waals surface area contributed by atoms with Gasteiger partial charge >= 0.3 is 6.03 Å². The van der Waals surface area contributed by atoms with E-state index in [4.69, 9.17) is 0 Å². The van der Waals surface area contributed by atoms with Crippen LogP contribution in [0.25, 0.3) is 0 Å². The number of piperidine rings is 2. The molecule has 0 aromatic carbocycles. The third-order valence-corrected chi connectivity index (χ3v) is 6.02. The molecule has 2 saturated heterocycles. The van der Waals surface area contributed by atoms with Gasteiger partial charge in [-0.3, -0.25) is 4.90 Å². The summed E-state index contributed by atoms with van der Waals surface area (Å²) in [7, 11) is 2.18. The maximum absolute atomic E-state index is 12.3. The van der Waals surface area contributed by atoms with E-state index in [0.29, 0.717) is 6.54 Å². The predicted molar refractivity (Wildman–Crippen MR) is 97.1 cm³/mol. The standard InChI is InChI=1S/C18H36N4O2/c1-15(13-23)16(2)20-17(24)19-14-18(7-11-21(3)12-8-18)22-9-5-4-6-10-22/h15-16,23H,4-14H2,1-3H3,(H2,19,20,24)/t15-,16+/m1/s1. The topological polar surface area (TPSA) is 67.8 Å². The van der Waals surface area contributed by atoms with Crippen LogP contribution in [0.1, 0.15) is 46.0 Å². The van der Waals surface area contributed by atoms with Gasteiger partial charge in [0.15, 0.2) is 0 Å². The van der Waals surface area contributed by atoms with Crippen molar-refractivity contribution < 1.29 is 9.90 Å². The SMILES string of the molecule is C[C@H](CO)[C@H](C)NC(=O)NCC1(N2CCCCC2)CCN(C)CC1. The Labute approximate surface area is 147 Å². The average Bonchev–Trinajstić information content (AvgIpc) is 2.61. The smallest absolute Gasteiger partial charge is 0.315 e. The van der Waals surface area contributed by atoms with Gasteiger partial charge in [-0.2, -0.15) is 0 Å². The summed E-state index contributed by atoms with van der Waals surface area (Å²) in [6.45, 7) is 9.19. The van der Waals surface area contributed by atoms with Crippen LogP contribution in [0.5, 0.6) is 0 Å². The molecule has 0 saturated carbocycles. The van der Waals surface area contributed by atoms with E-state index >= 15 is 0 Å². The number of nitrogens with one attached hydrogen (secondary N) is 2. The number of aliphatic hydroxyl groups excluding tert-OH is 1. The number of urea groups is 1. The number of carbonyl (C=O) groups excluding carboxylic acids is 1. The van der Waals surface area contributed by atoms with E-state index < -0.39 is 0 Å². The molecule has 2 aliphatic rings. The van der Waals surface area contributed by atoms with Crippen molar-refractivity contribution >= 4 is 6.03 Å². The van der Waals surface area contributed by atoms with Gasteiger partial charge in [-0.25, -0.2) is 4.79 Å². The van der Waals surface area contributed by atoms with Crippen molar-refractivity contribution in [1.29, 1.82) is 0 Å². The second kappa shape index (κ2) is 9.02. The van der Waals surface area contributed by atoms with Gasteiger partial charge in [0, 0.05) is 24.7 Å². The van der Waals surface area contributed by atoms with Gasteiger partial charge in [0.2, 0.25) is 0 Å². The first-order valence-corrected chi connectivity index (χ1v) is 9.56. The Hall–Kier alpha value is -0.850. The molecule has 0 radical (unpaired) electrons. The molecule has 0 aromatic heterocycles. The fraction of sp³-hybridized carbons (Fsp3) is 0.944. The zero-order valence-electron chi connectivity index (χ0n) is 15.7. The normalized spacial score (nSPS) is 25.0. The van der Waals surface area contributed by atoms with E-state index in [0.717, 1.165) is 39.0 Å². The zero-order chi connectivity index (χ0) is 17.6. The molecule has 0 aromatic rings. The van der Waals surface area contributed by atoms with Gasteiger partial charge in [0.05, 0.1) is 0 Å². The quantitative estimate of drug-likeness (QED) is 0.681. The predicted octanol–water partition coefficient (Wildman–Crippen LogP) is 1.25. The third-order valence-electron chi connectivity index (χ3n) is 6.02. The highest BCUT2D eigenvalue weighted by molar-refractivity contribution is 5.74. The summed E-state index contributed by atoms with van der Waals surface area (Å²) in [6, 6.07) is -0.142. The van der Waals surface area contributed by atoms with E-state index in [1.807, 2.05) is 13.8 Å². The Balaban J connectivity index is 1.92. The first kappa shape index (κ1) is 19.5. The van der Waals surface area contributed by atoms with Gasteiger partial charge in [-0.05, 0) is 71.8 Å². The minimum Gasteiger partial charge on any atom is -0.396 e. The first-order valence-electron chi connectivity index (χ1n) is 9.56. The second-order valence-corrected chi connectivity index (χ2v) is 7.85. The molecule has 2 aliphatic heterocycles. The number of hydrogen-bond acceptors (Lipinski definition) is 4. The average molecular weight is 341 g/mol. The van der Waals surface area contributed by atoms with Gasteiger partial charge < -0.3 is 20.6 Å². The van der Waals surface area contributed by atoms with Crippen LogP contribution in [-0.2, 0) is 0 Å². The molecule has 24 heavy (non-hydrogen) atoms. The molecule has 0 spiro atoms. The van der Waals surface area contributed by atoms with E-state index in [1.54, 1.807) is 0 Å². The Bertz CT molecular complexity index is 390. The van der Waals surface area contributed by atoms with E-state index in [9.17, 15) is 9.90 Å². The summed E-state index contributed by atoms with van der Waals surface area (Å²) in [6.07, 6.45) is 6.11. The minimum atomic E-state index is -0.113. The number of rotatable bonds is 6. The zero-order valence-corrected chi connectivity index (χ0v) is 15.7. The lowest BCUT2D eigenvalue weighted by molar-refractivity contribution is 0.0161. The fourth-order valence-electron chi connectivity index (χ4n) is 3.81. The van der Waals surface area contributed by atoms with Crippen molar-refractivity contribution in [2.24, 2.45) is 5.92 Å². The molecule has 2 atom stereocenters. The molecule has 140 valence electrons. The highest BCUT2D eigenvalue weighted by Crippen LogP contribution is 2.30. The summed E-state index contributed by atoms with van der Waals surface area (Å²) >= 11 is 0. The number of likely N-dealkylation sites (tertiary alicyclic amines) is 2. The Morgan fingerprint density at radius 1 is 1.12 bits per heavy atom. The van der Waals surface area contributed by atoms with Gasteiger partial charge in [-0.1, -0.05) is 13.3 Å². The van der Waals surface area contributed by atoms with Gasteiger partial charge in [0.25, 0.3) is 0 Å². The van der Waals surface area contributed by atoms with Crippen LogP contribution in [-0.4, -0.2) is 78.9 Å². The van der Waals surface area contributed by atoms with E-state index in [1.165, 1.54) is 19.3 Å². The van der Waals surface area contributed by atoms with Crippen LogP contribution >= 0.6 is 0 Å². The number of carbonyl (C=O) groups is 1. The summed E-state index contributed by atoms with van der Waals surface area (Å²) in [5, 5.41) is 15.3. The maximum Gasteiger partial charge on any atom is 0.315 e. The van der Waals surface area contributed by atoms with Crippen molar-refractivity contribution in [1.82, 2.24) is 20.4 Å². The molecule has 2 heterocycles. The number of aliphatic hydroxyl groups is 1. The van der Waals surface area contributed by atoms with Gasteiger partial charge in [0.1, 0.15) is 0 Å². The van der Waals surface area contributed by atoms with Crippen LogP contribution in [0.3, 0.4) is 0 Å². The summed E-state index contributed by atoms with van der Waals surface area (Å²) in [5.74, 6) is 0.0649. The molecular weight excluding hydrogens is 304 g/mol. The van der Waals surface area contributed by atoms with Crippen LogP contribution in [0, 0.1) is 5.92 Å². The van der Waals surface area contributed by atoms with Crippen LogP contribution in [0.2, 0.25) is 0 Å². The molecule has 0 bridgehead atoms. The third kappa shape index (κ3) is 5.07. The van der Waals surface area contributed by atoms with Crippen molar-refractivity contribution in [2.45, 2.75) is 57.5 Å². The van der Waals surface area contributed by atoms with Crippen LogP contribution in [0.4, 0.5) is 4.79 Å². The highest BCUT2D eigenvalue weighted by atomic mass is 16.3. The number of hydrogen-bond donors (Lipinski definition) is 3. The van der Waals surface area contributed by atoms with E-state index in [-0.39, 0.29) is 30.1 Å². The first-order chi connectivity index (χ1) is 11.5. The monoisotopic (exact) mass is 340 g/mol. The highest BCUT2D eigenvalue weighted by Gasteiger charge is 2.39. The minimum absolute atomic E-state index is 0.0292. The van der Waals surface area contributed by atoms with Crippen molar-refractivity contribution in [3.05, 3.63) is 0 Å². The fourth-order valence-corrected chi connectivity index (χ4v) is 3.81. The van der Waals surface area contributed by atoms with Crippen molar-refractivity contribution in [3.63, 3.8) is 0 Å². The molecule has 2 fully saturated rings. The molecule has 0 unspecified atom stereocenters. The molecule has 6 heteroatoms. The van der Waals surface area contributed by atoms with Crippen molar-refractivity contribution in [2.75, 3.05) is 46.4 Å². The largest absolute Gasteiger partial charge is 0.396 e. The molecule has 3 N–H and O–H groups in total. The lowest BCUT2D eigenvalue weighted by Crippen LogP contribution is -2.62. The van der Waals surface area contributed by atoms with Crippen LogP contribution < -0.4 is 10.6 Å². The lowest BCUT2D eigenvalue weighted by Gasteiger charge is -2.50. The van der Waals surface area contributed by atoms with Crippen LogP contribution in [0.15, 0.2) is 0 Å². The summed E-state index contributed by atoms with van der Waals surface area (Å²) < 4.78 is 0. The maximum atomic E-state index is 12.3.